The van der Waals surface area contributed by atoms with E-state index in [9.17, 15) is 32.7 Å². The minimum atomic E-state index is -4.35. The standard InChI is InChI=1S/C27H39F3N4O6/c1-4-5-6-7-8-17-33-23(35)22(32-34(25(33)38)18-9-15-27(28,29)30)31-16-10-19-39-20-11-13-21(14-12-20)40-26(2,3)24(36)37/h11-14H,4-10,15-19H2,1-3H3,(H,31,32)(H,36,37)/p-1. The third-order valence-electron chi connectivity index (χ3n) is 6.01. The van der Waals surface area contributed by atoms with E-state index in [4.69, 9.17) is 9.47 Å². The SMILES string of the molecule is CCCCCCCn1c(=O)c(NCCCOc2ccc(OC(C)(C)C(=O)[O-])cc2)nn(CCCC(F)(F)F)c1=O. The van der Waals surface area contributed by atoms with Crippen LogP contribution in [0.25, 0.3) is 0 Å². The van der Waals surface area contributed by atoms with Crippen LogP contribution in [0.15, 0.2) is 33.9 Å². The molecule has 0 amide bonds. The molecule has 40 heavy (non-hydrogen) atoms. The number of ether oxygens (including phenoxy) is 2. The lowest BCUT2D eigenvalue weighted by atomic mass is 10.1. The highest BCUT2D eigenvalue weighted by atomic mass is 19.4. The Morgan fingerprint density at radius 3 is 2.25 bits per heavy atom. The molecule has 0 unspecified atom stereocenters. The van der Waals surface area contributed by atoms with Gasteiger partial charge in [-0.05, 0) is 57.4 Å². The summed E-state index contributed by atoms with van der Waals surface area (Å²) in [4.78, 5) is 36.8. The van der Waals surface area contributed by atoms with Crippen LogP contribution in [0.4, 0.5) is 19.0 Å². The van der Waals surface area contributed by atoms with Crippen LogP contribution < -0.4 is 31.1 Å². The topological polar surface area (TPSA) is 128 Å². The smallest absolute Gasteiger partial charge is 0.389 e. The maximum atomic E-state index is 12.9. The second-order valence-corrected chi connectivity index (χ2v) is 9.94. The third-order valence-corrected chi connectivity index (χ3v) is 6.01. The number of carbonyl (C=O) groups excluding carboxylic acids is 1. The Hall–Kier alpha value is -3.51. The molecule has 0 aliphatic heterocycles. The van der Waals surface area contributed by atoms with Crippen molar-refractivity contribution in [3.05, 3.63) is 45.1 Å². The number of benzene rings is 1. The second kappa shape index (κ2) is 15.3. The molecule has 1 heterocycles. The molecule has 0 spiro atoms. The molecule has 0 radical (unpaired) electrons. The van der Waals surface area contributed by atoms with Crippen LogP contribution >= 0.6 is 0 Å². The van der Waals surface area contributed by atoms with Crippen LogP contribution in [0.3, 0.4) is 0 Å². The number of unbranched alkanes of at least 4 members (excludes halogenated alkanes) is 4. The van der Waals surface area contributed by atoms with Crippen LogP contribution in [-0.2, 0) is 17.9 Å². The summed E-state index contributed by atoms with van der Waals surface area (Å²) >= 11 is 0. The minimum Gasteiger partial charge on any atom is -0.546 e. The van der Waals surface area contributed by atoms with E-state index in [1.165, 1.54) is 13.8 Å². The Morgan fingerprint density at radius 1 is 0.975 bits per heavy atom. The first-order valence-corrected chi connectivity index (χ1v) is 13.5. The predicted octanol–water partition coefficient (Wildman–Crippen LogP) is 3.51. The molecule has 0 saturated carbocycles. The average molecular weight is 572 g/mol. The number of aliphatic carboxylic acids is 1. The van der Waals surface area contributed by atoms with Crippen LogP contribution in [0.1, 0.15) is 72.1 Å². The number of aromatic nitrogens is 3. The maximum Gasteiger partial charge on any atom is 0.389 e. The van der Waals surface area contributed by atoms with Crippen molar-refractivity contribution in [2.75, 3.05) is 18.5 Å². The summed E-state index contributed by atoms with van der Waals surface area (Å²) in [5.41, 5.74) is -2.81. The van der Waals surface area contributed by atoms with Gasteiger partial charge in [0, 0.05) is 26.1 Å². The molecule has 1 aromatic carbocycles. The molecular weight excluding hydrogens is 533 g/mol. The predicted molar refractivity (Wildman–Crippen MR) is 142 cm³/mol. The van der Waals surface area contributed by atoms with Gasteiger partial charge in [-0.1, -0.05) is 32.6 Å². The van der Waals surface area contributed by atoms with Gasteiger partial charge in [0.25, 0.3) is 5.56 Å². The van der Waals surface area contributed by atoms with E-state index in [1.54, 1.807) is 24.3 Å². The number of carboxylic acids is 1. The average Bonchev–Trinajstić information content (AvgIpc) is 2.87. The Balaban J connectivity index is 1.98. The molecule has 0 aliphatic rings. The van der Waals surface area contributed by atoms with Gasteiger partial charge < -0.3 is 24.7 Å². The van der Waals surface area contributed by atoms with Gasteiger partial charge >= 0.3 is 11.9 Å². The van der Waals surface area contributed by atoms with Crippen LogP contribution in [0.5, 0.6) is 11.5 Å². The summed E-state index contributed by atoms with van der Waals surface area (Å²) in [7, 11) is 0. The molecule has 224 valence electrons. The monoisotopic (exact) mass is 571 g/mol. The fourth-order valence-electron chi connectivity index (χ4n) is 3.73. The lowest BCUT2D eigenvalue weighted by molar-refractivity contribution is -0.320. The summed E-state index contributed by atoms with van der Waals surface area (Å²) in [6.07, 6.45) is -0.802. The van der Waals surface area contributed by atoms with Gasteiger partial charge in [0.05, 0.1) is 12.6 Å². The van der Waals surface area contributed by atoms with Crippen molar-refractivity contribution in [2.24, 2.45) is 0 Å². The summed E-state index contributed by atoms with van der Waals surface area (Å²) < 4.78 is 50.8. The molecule has 0 aliphatic carbocycles. The quantitative estimate of drug-likeness (QED) is 0.269. The highest BCUT2D eigenvalue weighted by Gasteiger charge is 2.26. The van der Waals surface area contributed by atoms with Crippen molar-refractivity contribution < 1.29 is 32.5 Å². The van der Waals surface area contributed by atoms with Crippen molar-refractivity contribution in [1.82, 2.24) is 14.3 Å². The fourth-order valence-corrected chi connectivity index (χ4v) is 3.73. The van der Waals surface area contributed by atoms with E-state index in [0.29, 0.717) is 24.3 Å². The highest BCUT2D eigenvalue weighted by Crippen LogP contribution is 2.22. The Morgan fingerprint density at radius 2 is 1.62 bits per heavy atom. The second-order valence-electron chi connectivity index (χ2n) is 9.94. The molecule has 2 rings (SSSR count). The molecule has 0 atom stereocenters. The number of alkyl halides is 3. The lowest BCUT2D eigenvalue weighted by Crippen LogP contribution is -2.47. The van der Waals surface area contributed by atoms with Crippen molar-refractivity contribution >= 4 is 11.8 Å². The van der Waals surface area contributed by atoms with E-state index >= 15 is 0 Å². The molecule has 10 nitrogen and oxygen atoms in total. The van der Waals surface area contributed by atoms with Crippen LogP contribution in [-0.4, -0.2) is 45.2 Å². The molecule has 2 aromatic rings. The largest absolute Gasteiger partial charge is 0.546 e. The zero-order chi connectivity index (χ0) is 29.8. The van der Waals surface area contributed by atoms with Crippen molar-refractivity contribution in [2.45, 2.75) is 97.0 Å². The first kappa shape index (κ1) is 32.7. The van der Waals surface area contributed by atoms with Gasteiger partial charge in [-0.2, -0.15) is 13.2 Å². The van der Waals surface area contributed by atoms with Crippen molar-refractivity contribution in [3.8, 4) is 11.5 Å². The normalized spacial score (nSPS) is 11.8. The molecule has 0 saturated heterocycles. The van der Waals surface area contributed by atoms with E-state index < -0.39 is 35.4 Å². The van der Waals surface area contributed by atoms with Gasteiger partial charge in [-0.25, -0.2) is 9.48 Å². The molecule has 0 bridgehead atoms. The van der Waals surface area contributed by atoms with Gasteiger partial charge in [0.2, 0.25) is 5.82 Å². The highest BCUT2D eigenvalue weighted by molar-refractivity contribution is 5.74. The number of rotatable bonds is 18. The third kappa shape index (κ3) is 10.9. The van der Waals surface area contributed by atoms with E-state index in [1.807, 2.05) is 0 Å². The van der Waals surface area contributed by atoms with E-state index in [2.05, 4.69) is 17.3 Å². The maximum absolute atomic E-state index is 12.9. The summed E-state index contributed by atoms with van der Waals surface area (Å²) in [5, 5.41) is 18.0. The molecule has 1 N–H and O–H groups in total. The lowest BCUT2D eigenvalue weighted by Gasteiger charge is -2.27. The number of carboxylic acid groups (broad SMARTS) is 1. The Bertz CT molecular complexity index is 1190. The number of carbonyl (C=O) groups is 1. The first-order valence-electron chi connectivity index (χ1n) is 13.5. The molecular formula is C27H38F3N4O6-. The van der Waals surface area contributed by atoms with E-state index in [-0.39, 0.29) is 38.5 Å². The van der Waals surface area contributed by atoms with E-state index in [0.717, 1.165) is 34.9 Å². The van der Waals surface area contributed by atoms with Gasteiger partial charge in [-0.15, -0.1) is 5.10 Å². The number of nitrogens with one attached hydrogen (secondary N) is 1. The summed E-state index contributed by atoms with van der Waals surface area (Å²) in [6, 6.07) is 6.36. The molecule has 0 fully saturated rings. The first-order chi connectivity index (χ1) is 18.8. The number of aryl methyl sites for hydroxylation is 1. The molecule has 13 heteroatoms. The van der Waals surface area contributed by atoms with Gasteiger partial charge in [0.1, 0.15) is 17.1 Å². The summed E-state index contributed by atoms with van der Waals surface area (Å²) in [5.74, 6) is -0.593. The minimum absolute atomic E-state index is 0.0998. The Labute approximate surface area is 231 Å². The number of hydrogen-bond acceptors (Lipinski definition) is 8. The number of nitrogens with zero attached hydrogens (tertiary/aromatic N) is 3. The fraction of sp³-hybridized carbons (Fsp3) is 0.630. The van der Waals surface area contributed by atoms with Crippen LogP contribution in [0.2, 0.25) is 0 Å². The van der Waals surface area contributed by atoms with Crippen molar-refractivity contribution in [1.29, 1.82) is 0 Å². The van der Waals surface area contributed by atoms with Crippen molar-refractivity contribution in [3.63, 3.8) is 0 Å². The van der Waals surface area contributed by atoms with Crippen LogP contribution in [0, 0.1) is 0 Å². The molecule has 1 aromatic heterocycles. The zero-order valence-corrected chi connectivity index (χ0v) is 23.2. The zero-order valence-electron chi connectivity index (χ0n) is 23.2. The summed E-state index contributed by atoms with van der Waals surface area (Å²) in [6.45, 7) is 5.27. The number of halogens is 3. The van der Waals surface area contributed by atoms with Gasteiger partial charge in [0.15, 0.2) is 0 Å². The number of hydrogen-bond donors (Lipinski definition) is 1. The van der Waals surface area contributed by atoms with Gasteiger partial charge in [-0.3, -0.25) is 9.36 Å². The number of anilines is 1. The Kier molecular flexibility index (Phi) is 12.5.